The van der Waals surface area contributed by atoms with Gasteiger partial charge in [0.2, 0.25) is 10.0 Å². The number of nitrogens with one attached hydrogen (secondary N) is 1. The van der Waals surface area contributed by atoms with Crippen molar-refractivity contribution in [2.45, 2.75) is 63.3 Å². The van der Waals surface area contributed by atoms with Crippen LogP contribution in [-0.4, -0.2) is 51.2 Å². The number of hydrogen-bond donors (Lipinski definition) is 1. The highest BCUT2D eigenvalue weighted by Gasteiger charge is 2.45. The summed E-state index contributed by atoms with van der Waals surface area (Å²) in [6.45, 7) is 2.81. The fourth-order valence-electron chi connectivity index (χ4n) is 5.29. The third kappa shape index (κ3) is 5.28. The average Bonchev–Trinajstić information content (AvgIpc) is 3.59. The minimum Gasteiger partial charge on any atom is -0.493 e. The van der Waals surface area contributed by atoms with Crippen molar-refractivity contribution in [1.29, 1.82) is 0 Å². The van der Waals surface area contributed by atoms with Gasteiger partial charge < -0.3 is 4.74 Å². The van der Waals surface area contributed by atoms with Crippen molar-refractivity contribution >= 4 is 15.9 Å². The number of piperidine rings is 1. The third-order valence-electron chi connectivity index (χ3n) is 7.39. The van der Waals surface area contributed by atoms with E-state index in [-0.39, 0.29) is 11.5 Å². The summed E-state index contributed by atoms with van der Waals surface area (Å²) in [5.74, 6) is 1.36. The SMILES string of the molecule is CS(=O)(=O)NC(=O)c1cc(C2CC2)c(OCC2CCN(C(C3CC3)C3CC3)CC2)cc1F. The van der Waals surface area contributed by atoms with Crippen LogP contribution in [0.1, 0.15) is 73.2 Å². The highest BCUT2D eigenvalue weighted by atomic mass is 32.2. The maximum atomic E-state index is 14.7. The van der Waals surface area contributed by atoms with Gasteiger partial charge in [-0.15, -0.1) is 0 Å². The molecule has 6 nitrogen and oxygen atoms in total. The zero-order valence-electron chi connectivity index (χ0n) is 18.7. The smallest absolute Gasteiger partial charge is 0.267 e. The van der Waals surface area contributed by atoms with Crippen LogP contribution in [0.2, 0.25) is 0 Å². The van der Waals surface area contributed by atoms with Crippen molar-refractivity contribution in [2.75, 3.05) is 26.0 Å². The maximum Gasteiger partial charge on any atom is 0.267 e. The fraction of sp³-hybridized carbons (Fsp3) is 0.708. The standard InChI is InChI=1S/C24H33FN2O4S/c1-32(29,30)26-24(28)20-12-19(16-2-3-16)22(13-21(20)25)31-14-15-8-10-27(11-9-15)23(17-4-5-17)18-6-7-18/h12-13,15-18,23H,2-11,14H2,1H3,(H,26,28). The molecule has 0 spiro atoms. The molecular formula is C24H33FN2O4S. The van der Waals surface area contributed by atoms with E-state index in [1.165, 1.54) is 37.8 Å². The molecule has 8 heteroatoms. The fourth-order valence-corrected chi connectivity index (χ4v) is 5.74. The van der Waals surface area contributed by atoms with Gasteiger partial charge in [-0.1, -0.05) is 0 Å². The van der Waals surface area contributed by atoms with E-state index in [2.05, 4.69) is 4.90 Å². The Morgan fingerprint density at radius 2 is 1.72 bits per heavy atom. The molecule has 1 N–H and O–H groups in total. The van der Waals surface area contributed by atoms with Crippen molar-refractivity contribution in [3.63, 3.8) is 0 Å². The molecule has 1 aliphatic heterocycles. The van der Waals surface area contributed by atoms with Crippen LogP contribution < -0.4 is 9.46 Å². The molecule has 0 atom stereocenters. The molecule has 176 valence electrons. The van der Waals surface area contributed by atoms with Crippen molar-refractivity contribution in [1.82, 2.24) is 9.62 Å². The summed E-state index contributed by atoms with van der Waals surface area (Å²) in [7, 11) is -3.76. The molecule has 1 amide bonds. The van der Waals surface area contributed by atoms with E-state index < -0.39 is 21.7 Å². The van der Waals surface area contributed by atoms with Crippen molar-refractivity contribution < 1.29 is 22.3 Å². The molecule has 4 fully saturated rings. The molecule has 3 saturated carbocycles. The summed E-state index contributed by atoms with van der Waals surface area (Å²) in [6.07, 6.45) is 10.6. The van der Waals surface area contributed by atoms with Gasteiger partial charge in [-0.3, -0.25) is 9.69 Å². The number of halogens is 1. The molecule has 1 aromatic rings. The number of benzene rings is 1. The number of ether oxygens (including phenoxy) is 1. The molecule has 32 heavy (non-hydrogen) atoms. The lowest BCUT2D eigenvalue weighted by Gasteiger charge is -2.38. The summed E-state index contributed by atoms with van der Waals surface area (Å²) in [6, 6.07) is 3.54. The normalized spacial score (nSPS) is 22.8. The van der Waals surface area contributed by atoms with E-state index in [4.69, 9.17) is 4.74 Å². The lowest BCUT2D eigenvalue weighted by molar-refractivity contribution is 0.0864. The Bertz CT molecular complexity index is 966. The van der Waals surface area contributed by atoms with Crippen LogP contribution in [0.4, 0.5) is 4.39 Å². The average molecular weight is 465 g/mol. The Hall–Kier alpha value is -1.67. The lowest BCUT2D eigenvalue weighted by Crippen LogP contribution is -2.44. The number of amides is 1. The molecular weight excluding hydrogens is 431 g/mol. The van der Waals surface area contributed by atoms with Crippen LogP contribution >= 0.6 is 0 Å². The Labute approximate surface area is 189 Å². The van der Waals surface area contributed by atoms with Gasteiger partial charge >= 0.3 is 0 Å². The molecule has 5 rings (SSSR count). The van der Waals surface area contributed by atoms with Gasteiger partial charge in [-0.25, -0.2) is 17.5 Å². The van der Waals surface area contributed by atoms with Crippen LogP contribution in [-0.2, 0) is 10.0 Å². The van der Waals surface area contributed by atoms with Crippen LogP contribution in [0, 0.1) is 23.6 Å². The first kappa shape index (κ1) is 22.1. The summed E-state index contributed by atoms with van der Waals surface area (Å²) in [4.78, 5) is 14.9. The van der Waals surface area contributed by atoms with E-state index in [9.17, 15) is 17.6 Å². The number of hydrogen-bond acceptors (Lipinski definition) is 5. The molecule has 0 aromatic heterocycles. The minimum atomic E-state index is -3.76. The third-order valence-corrected chi connectivity index (χ3v) is 7.95. The van der Waals surface area contributed by atoms with Gasteiger partial charge in [0.1, 0.15) is 11.6 Å². The number of carbonyl (C=O) groups is 1. The van der Waals surface area contributed by atoms with Gasteiger partial charge in [0, 0.05) is 12.1 Å². The monoisotopic (exact) mass is 464 g/mol. The number of likely N-dealkylation sites (tertiary alicyclic amines) is 1. The minimum absolute atomic E-state index is 0.245. The lowest BCUT2D eigenvalue weighted by atomic mass is 9.94. The highest BCUT2D eigenvalue weighted by molar-refractivity contribution is 7.89. The molecule has 0 unspecified atom stereocenters. The summed E-state index contributed by atoms with van der Waals surface area (Å²) in [5, 5.41) is 0. The van der Waals surface area contributed by atoms with Gasteiger partial charge in [-0.2, -0.15) is 0 Å². The number of nitrogens with zero attached hydrogens (tertiary/aromatic N) is 1. The Morgan fingerprint density at radius 3 is 2.25 bits per heavy atom. The van der Waals surface area contributed by atoms with Gasteiger partial charge in [-0.05, 0) is 99.8 Å². The molecule has 4 aliphatic rings. The second-order valence-corrected chi connectivity index (χ2v) is 12.1. The molecule has 0 radical (unpaired) electrons. The Kier molecular flexibility index (Phi) is 5.95. The van der Waals surface area contributed by atoms with Gasteiger partial charge in [0.15, 0.2) is 0 Å². The zero-order chi connectivity index (χ0) is 22.5. The largest absolute Gasteiger partial charge is 0.493 e. The molecule has 3 aliphatic carbocycles. The second-order valence-electron chi connectivity index (χ2n) is 10.3. The Balaban J connectivity index is 1.21. The zero-order valence-corrected chi connectivity index (χ0v) is 19.5. The van der Waals surface area contributed by atoms with Crippen LogP contribution in [0.5, 0.6) is 5.75 Å². The first-order valence-electron chi connectivity index (χ1n) is 12.0. The molecule has 1 aromatic carbocycles. The maximum absolute atomic E-state index is 14.7. The summed E-state index contributed by atoms with van der Waals surface area (Å²) < 4.78 is 45.4. The predicted octanol–water partition coefficient (Wildman–Crippen LogP) is 3.67. The summed E-state index contributed by atoms with van der Waals surface area (Å²) >= 11 is 0. The highest BCUT2D eigenvalue weighted by Crippen LogP contribution is 2.48. The van der Waals surface area contributed by atoms with E-state index >= 15 is 0 Å². The quantitative estimate of drug-likeness (QED) is 0.604. The molecule has 0 bridgehead atoms. The second kappa shape index (κ2) is 8.60. The van der Waals surface area contributed by atoms with Crippen LogP contribution in [0.3, 0.4) is 0 Å². The van der Waals surface area contributed by atoms with Gasteiger partial charge in [0.05, 0.1) is 18.4 Å². The van der Waals surface area contributed by atoms with Gasteiger partial charge in [0.25, 0.3) is 5.91 Å². The van der Waals surface area contributed by atoms with E-state index in [1.54, 1.807) is 0 Å². The van der Waals surface area contributed by atoms with E-state index in [0.717, 1.165) is 68.5 Å². The van der Waals surface area contributed by atoms with E-state index in [0.29, 0.717) is 18.3 Å². The van der Waals surface area contributed by atoms with E-state index in [1.807, 2.05) is 4.72 Å². The number of sulfonamides is 1. The molecule has 1 saturated heterocycles. The van der Waals surface area contributed by atoms with Crippen LogP contribution in [0.15, 0.2) is 12.1 Å². The van der Waals surface area contributed by atoms with Crippen LogP contribution in [0.25, 0.3) is 0 Å². The Morgan fingerprint density at radius 1 is 1.09 bits per heavy atom. The number of rotatable bonds is 9. The summed E-state index contributed by atoms with van der Waals surface area (Å²) in [5.41, 5.74) is 0.564. The predicted molar refractivity (Wildman–Crippen MR) is 120 cm³/mol. The van der Waals surface area contributed by atoms with Crippen molar-refractivity contribution in [3.8, 4) is 5.75 Å². The van der Waals surface area contributed by atoms with Crippen molar-refractivity contribution in [2.24, 2.45) is 17.8 Å². The molecule has 1 heterocycles. The first-order chi connectivity index (χ1) is 15.3. The topological polar surface area (TPSA) is 75.7 Å². The van der Waals surface area contributed by atoms with Crippen molar-refractivity contribution in [3.05, 3.63) is 29.1 Å². The first-order valence-corrected chi connectivity index (χ1v) is 13.9. The number of carbonyl (C=O) groups excluding carboxylic acids is 1.